The smallest absolute Gasteiger partial charge is 0.0156 e. The third kappa shape index (κ3) is 2.96. The Labute approximate surface area is 88.8 Å². The van der Waals surface area contributed by atoms with Crippen molar-refractivity contribution in [3.05, 3.63) is 0 Å². The van der Waals surface area contributed by atoms with Crippen molar-refractivity contribution in [1.29, 1.82) is 0 Å². The van der Waals surface area contributed by atoms with Gasteiger partial charge in [0.05, 0.1) is 0 Å². The lowest BCUT2D eigenvalue weighted by Crippen LogP contribution is -2.38. The molecule has 1 atom stereocenters. The summed E-state index contributed by atoms with van der Waals surface area (Å²) in [5.74, 6) is 0.840. The molecule has 2 nitrogen and oxygen atoms in total. The number of nitrogens with two attached hydrogens (primary N) is 1. The van der Waals surface area contributed by atoms with Gasteiger partial charge in [0.1, 0.15) is 0 Å². The van der Waals surface area contributed by atoms with Gasteiger partial charge in [-0.25, -0.2) is 0 Å². The molecule has 1 saturated heterocycles. The minimum absolute atomic E-state index is 0.412. The summed E-state index contributed by atoms with van der Waals surface area (Å²) in [4.78, 5) is 2.65. The van der Waals surface area contributed by atoms with Gasteiger partial charge in [0.15, 0.2) is 0 Å². The summed E-state index contributed by atoms with van der Waals surface area (Å²) in [6, 6.07) is 0. The van der Waals surface area contributed by atoms with Crippen LogP contribution in [0, 0.1) is 5.92 Å². The molecule has 0 saturated carbocycles. The molecule has 0 spiro atoms. The van der Waals surface area contributed by atoms with Crippen LogP contribution in [0.3, 0.4) is 0 Å². The molecule has 1 fully saturated rings. The average Bonchev–Trinajstić information content (AvgIpc) is 2.38. The minimum atomic E-state index is 0.412. The topological polar surface area (TPSA) is 29.3 Å². The van der Waals surface area contributed by atoms with E-state index in [2.05, 4.69) is 25.7 Å². The lowest BCUT2D eigenvalue weighted by molar-refractivity contribution is 0.172. The molecule has 0 radical (unpaired) electrons. The highest BCUT2D eigenvalue weighted by Gasteiger charge is 2.36. The predicted octanol–water partition coefficient (Wildman–Crippen LogP) is 2.24. The molecule has 1 aliphatic rings. The van der Waals surface area contributed by atoms with Gasteiger partial charge in [0, 0.05) is 12.1 Å². The Balaban J connectivity index is 2.42. The first kappa shape index (κ1) is 12.0. The second-order valence-electron chi connectivity index (χ2n) is 5.26. The summed E-state index contributed by atoms with van der Waals surface area (Å²) in [6.07, 6.45) is 5.16. The van der Waals surface area contributed by atoms with E-state index in [4.69, 9.17) is 5.73 Å². The van der Waals surface area contributed by atoms with Crippen LogP contribution in [0.2, 0.25) is 0 Å². The Morgan fingerprint density at radius 2 is 2.14 bits per heavy atom. The van der Waals surface area contributed by atoms with Crippen molar-refractivity contribution in [3.8, 4) is 0 Å². The molecular formula is C12H26N2. The molecule has 14 heavy (non-hydrogen) atoms. The van der Waals surface area contributed by atoms with Crippen molar-refractivity contribution in [2.45, 2.75) is 52.0 Å². The Hall–Kier alpha value is -0.0800. The van der Waals surface area contributed by atoms with Crippen molar-refractivity contribution in [1.82, 2.24) is 4.90 Å². The monoisotopic (exact) mass is 198 g/mol. The number of nitrogens with zero attached hydrogens (tertiary/aromatic N) is 1. The van der Waals surface area contributed by atoms with Gasteiger partial charge in [-0.05, 0) is 52.1 Å². The van der Waals surface area contributed by atoms with E-state index in [-0.39, 0.29) is 0 Å². The summed E-state index contributed by atoms with van der Waals surface area (Å²) < 4.78 is 0. The second kappa shape index (κ2) is 5.13. The molecule has 0 amide bonds. The van der Waals surface area contributed by atoms with Crippen LogP contribution in [0.1, 0.15) is 46.5 Å². The number of likely N-dealkylation sites (tertiary alicyclic amines) is 1. The van der Waals surface area contributed by atoms with E-state index in [1.165, 1.54) is 38.8 Å². The van der Waals surface area contributed by atoms with E-state index in [9.17, 15) is 0 Å². The van der Waals surface area contributed by atoms with E-state index in [1.54, 1.807) is 0 Å². The fourth-order valence-corrected chi connectivity index (χ4v) is 2.63. The van der Waals surface area contributed by atoms with Gasteiger partial charge in [0.2, 0.25) is 0 Å². The fourth-order valence-electron chi connectivity index (χ4n) is 2.63. The van der Waals surface area contributed by atoms with Crippen LogP contribution < -0.4 is 5.73 Å². The molecule has 0 aromatic carbocycles. The van der Waals surface area contributed by atoms with Crippen molar-refractivity contribution in [2.75, 3.05) is 19.6 Å². The van der Waals surface area contributed by atoms with E-state index in [0.717, 1.165) is 12.5 Å². The summed E-state index contributed by atoms with van der Waals surface area (Å²) in [5.41, 5.74) is 6.04. The molecule has 1 aliphatic heterocycles. The molecule has 2 N–H and O–H groups in total. The lowest BCUT2D eigenvalue weighted by atomic mass is 9.94. The zero-order chi connectivity index (χ0) is 10.6. The van der Waals surface area contributed by atoms with Crippen LogP contribution in [0.15, 0.2) is 0 Å². The molecule has 0 aromatic heterocycles. The first-order valence-corrected chi connectivity index (χ1v) is 6.05. The number of hydrogen-bond donors (Lipinski definition) is 1. The highest BCUT2D eigenvalue weighted by atomic mass is 15.2. The molecule has 84 valence electrons. The van der Waals surface area contributed by atoms with Gasteiger partial charge >= 0.3 is 0 Å². The third-order valence-electron chi connectivity index (χ3n) is 3.48. The van der Waals surface area contributed by atoms with E-state index >= 15 is 0 Å². The van der Waals surface area contributed by atoms with E-state index in [0.29, 0.717) is 5.54 Å². The zero-order valence-electron chi connectivity index (χ0n) is 10.1. The van der Waals surface area contributed by atoms with Gasteiger partial charge in [-0.3, -0.25) is 4.90 Å². The van der Waals surface area contributed by atoms with Gasteiger partial charge < -0.3 is 5.73 Å². The van der Waals surface area contributed by atoms with Crippen molar-refractivity contribution in [3.63, 3.8) is 0 Å². The van der Waals surface area contributed by atoms with Crippen LogP contribution in [0.25, 0.3) is 0 Å². The first-order valence-electron chi connectivity index (χ1n) is 6.05. The van der Waals surface area contributed by atoms with Gasteiger partial charge in [-0.15, -0.1) is 0 Å². The molecule has 2 heteroatoms. The Morgan fingerprint density at radius 3 is 2.71 bits per heavy atom. The zero-order valence-corrected chi connectivity index (χ0v) is 10.1. The average molecular weight is 198 g/mol. The minimum Gasteiger partial charge on any atom is -0.330 e. The highest BCUT2D eigenvalue weighted by molar-refractivity contribution is 4.92. The van der Waals surface area contributed by atoms with Gasteiger partial charge in [0.25, 0.3) is 0 Å². The first-order chi connectivity index (χ1) is 6.60. The molecule has 0 bridgehead atoms. The van der Waals surface area contributed by atoms with Crippen molar-refractivity contribution < 1.29 is 0 Å². The predicted molar refractivity (Wildman–Crippen MR) is 62.3 cm³/mol. The van der Waals surface area contributed by atoms with Crippen LogP contribution in [-0.2, 0) is 0 Å². The lowest BCUT2D eigenvalue weighted by Gasteiger charge is -2.31. The number of rotatable bonds is 5. The highest BCUT2D eigenvalue weighted by Crippen LogP contribution is 2.34. The summed E-state index contributed by atoms with van der Waals surface area (Å²) in [6.45, 7) is 10.4. The third-order valence-corrected chi connectivity index (χ3v) is 3.48. The fraction of sp³-hybridized carbons (Fsp3) is 1.00. The number of unbranched alkanes of at least 4 members (excludes halogenated alkanes) is 1. The summed E-state index contributed by atoms with van der Waals surface area (Å²) in [7, 11) is 0. The Kier molecular flexibility index (Phi) is 4.39. The van der Waals surface area contributed by atoms with Crippen LogP contribution in [0.5, 0.6) is 0 Å². The molecule has 1 rings (SSSR count). The molecule has 1 unspecified atom stereocenters. The standard InChI is InChI=1S/C12H26N2/c1-4-5-8-14-10-11(6-7-13)9-12(14,2)3/h11H,4-10,13H2,1-3H3. The Morgan fingerprint density at radius 1 is 1.43 bits per heavy atom. The normalized spacial score (nSPS) is 27.0. The van der Waals surface area contributed by atoms with Crippen LogP contribution in [-0.4, -0.2) is 30.1 Å². The van der Waals surface area contributed by atoms with Crippen molar-refractivity contribution >= 4 is 0 Å². The maximum absolute atomic E-state index is 5.62. The molecule has 0 aromatic rings. The summed E-state index contributed by atoms with van der Waals surface area (Å²) >= 11 is 0. The maximum Gasteiger partial charge on any atom is 0.0156 e. The van der Waals surface area contributed by atoms with Crippen LogP contribution >= 0.6 is 0 Å². The largest absolute Gasteiger partial charge is 0.330 e. The van der Waals surface area contributed by atoms with Crippen LogP contribution in [0.4, 0.5) is 0 Å². The van der Waals surface area contributed by atoms with E-state index in [1.807, 2.05) is 0 Å². The molecule has 1 heterocycles. The summed E-state index contributed by atoms with van der Waals surface area (Å²) in [5, 5.41) is 0. The SMILES string of the molecule is CCCCN1CC(CCN)CC1(C)C. The second-order valence-corrected chi connectivity index (χ2v) is 5.26. The van der Waals surface area contributed by atoms with E-state index < -0.39 is 0 Å². The molecule has 0 aliphatic carbocycles. The maximum atomic E-state index is 5.62. The van der Waals surface area contributed by atoms with Gasteiger partial charge in [-0.1, -0.05) is 13.3 Å². The Bertz CT molecular complexity index is 166. The number of hydrogen-bond acceptors (Lipinski definition) is 2. The van der Waals surface area contributed by atoms with Crippen molar-refractivity contribution in [2.24, 2.45) is 11.7 Å². The molecular weight excluding hydrogens is 172 g/mol. The quantitative estimate of drug-likeness (QED) is 0.734. The van der Waals surface area contributed by atoms with Gasteiger partial charge in [-0.2, -0.15) is 0 Å².